The van der Waals surface area contributed by atoms with Gasteiger partial charge in [0.15, 0.2) is 0 Å². The normalized spacial score (nSPS) is 11.5. The second-order valence-electron chi connectivity index (χ2n) is 4.09. The van der Waals surface area contributed by atoms with Crippen LogP contribution in [-0.4, -0.2) is 35.6 Å². The summed E-state index contributed by atoms with van der Waals surface area (Å²) in [4.78, 5) is 32.5. The lowest BCUT2D eigenvalue weighted by molar-refractivity contribution is -0.384. The van der Waals surface area contributed by atoms with Gasteiger partial charge in [-0.2, -0.15) is 0 Å². The molecule has 1 unspecified atom stereocenters. The van der Waals surface area contributed by atoms with Crippen LogP contribution in [0.2, 0.25) is 0 Å². The molecule has 0 fully saturated rings. The predicted molar refractivity (Wildman–Crippen MR) is 68.8 cm³/mol. The number of rotatable bonds is 6. The van der Waals surface area contributed by atoms with Gasteiger partial charge in [-0.05, 0) is 6.07 Å². The van der Waals surface area contributed by atoms with Crippen LogP contribution in [0.1, 0.15) is 17.3 Å². The van der Waals surface area contributed by atoms with Gasteiger partial charge in [-0.1, -0.05) is 6.92 Å². The fourth-order valence-corrected chi connectivity index (χ4v) is 1.41. The molecule has 1 amide bonds. The lowest BCUT2D eigenvalue weighted by Gasteiger charge is -2.11. The Kier molecular flexibility index (Phi) is 5.01. The van der Waals surface area contributed by atoms with E-state index in [4.69, 9.17) is 9.84 Å². The summed E-state index contributed by atoms with van der Waals surface area (Å²) in [5, 5.41) is 21.8. The quantitative estimate of drug-likeness (QED) is 0.594. The van der Waals surface area contributed by atoms with Crippen molar-refractivity contribution in [3.63, 3.8) is 0 Å². The highest BCUT2D eigenvalue weighted by Crippen LogP contribution is 2.24. The standard InChI is InChI=1S/C12H14N2O6/c1-7(12(16)17)6-13-11(15)9-4-3-8(14(18)19)5-10(9)20-2/h3-5,7H,6H2,1-2H3,(H,13,15)(H,16,17). The first-order valence-corrected chi connectivity index (χ1v) is 5.70. The van der Waals surface area contributed by atoms with E-state index in [-0.39, 0.29) is 23.5 Å². The summed E-state index contributed by atoms with van der Waals surface area (Å²) in [6, 6.07) is 3.57. The Morgan fingerprint density at radius 2 is 2.15 bits per heavy atom. The lowest BCUT2D eigenvalue weighted by Crippen LogP contribution is -2.31. The number of nitro benzene ring substituents is 1. The molecule has 0 bridgehead atoms. The van der Waals surface area contributed by atoms with Gasteiger partial charge in [-0.15, -0.1) is 0 Å². The molecule has 108 valence electrons. The zero-order valence-electron chi connectivity index (χ0n) is 11.0. The first kappa shape index (κ1) is 15.4. The molecule has 8 heteroatoms. The average molecular weight is 282 g/mol. The van der Waals surface area contributed by atoms with Gasteiger partial charge in [0, 0.05) is 12.6 Å². The van der Waals surface area contributed by atoms with Gasteiger partial charge < -0.3 is 15.2 Å². The van der Waals surface area contributed by atoms with Crippen LogP contribution >= 0.6 is 0 Å². The molecule has 0 aliphatic rings. The molecule has 0 spiro atoms. The molecule has 0 aliphatic carbocycles. The third-order valence-electron chi connectivity index (χ3n) is 2.63. The van der Waals surface area contributed by atoms with E-state index >= 15 is 0 Å². The molecule has 1 aromatic rings. The van der Waals surface area contributed by atoms with Crippen LogP contribution in [0.25, 0.3) is 0 Å². The Balaban J connectivity index is 2.87. The second-order valence-corrected chi connectivity index (χ2v) is 4.09. The maximum atomic E-state index is 11.9. The third-order valence-corrected chi connectivity index (χ3v) is 2.63. The number of ether oxygens (including phenoxy) is 1. The number of carboxylic acids is 1. The van der Waals surface area contributed by atoms with E-state index in [2.05, 4.69) is 5.32 Å². The van der Waals surface area contributed by atoms with E-state index in [0.717, 1.165) is 6.07 Å². The van der Waals surface area contributed by atoms with Crippen molar-refractivity contribution in [1.82, 2.24) is 5.32 Å². The molecule has 1 rings (SSSR count). The SMILES string of the molecule is COc1cc([N+](=O)[O-])ccc1C(=O)NCC(C)C(=O)O. The van der Waals surface area contributed by atoms with E-state index in [9.17, 15) is 19.7 Å². The van der Waals surface area contributed by atoms with E-state index in [1.54, 1.807) is 0 Å². The largest absolute Gasteiger partial charge is 0.496 e. The van der Waals surface area contributed by atoms with Crippen LogP contribution in [0.15, 0.2) is 18.2 Å². The highest BCUT2D eigenvalue weighted by atomic mass is 16.6. The minimum Gasteiger partial charge on any atom is -0.496 e. The van der Waals surface area contributed by atoms with Gasteiger partial charge in [0.05, 0.1) is 29.6 Å². The Morgan fingerprint density at radius 1 is 1.50 bits per heavy atom. The van der Waals surface area contributed by atoms with Crippen LogP contribution < -0.4 is 10.1 Å². The molecule has 8 nitrogen and oxygen atoms in total. The van der Waals surface area contributed by atoms with Crippen molar-refractivity contribution in [3.8, 4) is 5.75 Å². The minimum atomic E-state index is -1.03. The van der Waals surface area contributed by atoms with Crippen molar-refractivity contribution in [2.24, 2.45) is 5.92 Å². The monoisotopic (exact) mass is 282 g/mol. The number of aliphatic carboxylic acids is 1. The highest BCUT2D eigenvalue weighted by molar-refractivity contribution is 5.97. The molecule has 20 heavy (non-hydrogen) atoms. The van der Waals surface area contributed by atoms with Gasteiger partial charge in [0.25, 0.3) is 11.6 Å². The number of amides is 1. The topological polar surface area (TPSA) is 119 Å². The summed E-state index contributed by atoms with van der Waals surface area (Å²) in [5.41, 5.74) is -0.0898. The number of carboxylic acid groups (broad SMARTS) is 1. The number of carbonyl (C=O) groups is 2. The number of methoxy groups -OCH3 is 1. The summed E-state index contributed by atoms with van der Waals surface area (Å²) in [6.45, 7) is 1.41. The number of carbonyl (C=O) groups excluding carboxylic acids is 1. The van der Waals surface area contributed by atoms with Gasteiger partial charge in [0.1, 0.15) is 5.75 Å². The van der Waals surface area contributed by atoms with Crippen LogP contribution in [0, 0.1) is 16.0 Å². The molecule has 2 N–H and O–H groups in total. The summed E-state index contributed by atoms with van der Waals surface area (Å²) < 4.78 is 4.93. The van der Waals surface area contributed by atoms with Crippen molar-refractivity contribution >= 4 is 17.6 Å². The first-order chi connectivity index (χ1) is 9.36. The van der Waals surface area contributed by atoms with Gasteiger partial charge >= 0.3 is 5.97 Å². The fourth-order valence-electron chi connectivity index (χ4n) is 1.41. The van der Waals surface area contributed by atoms with E-state index in [0.29, 0.717) is 0 Å². The number of benzene rings is 1. The maximum Gasteiger partial charge on any atom is 0.308 e. The molecule has 0 heterocycles. The Labute approximate surface area is 114 Å². The highest BCUT2D eigenvalue weighted by Gasteiger charge is 2.18. The van der Waals surface area contributed by atoms with Crippen molar-refractivity contribution < 1.29 is 24.4 Å². The number of non-ortho nitro benzene ring substituents is 1. The van der Waals surface area contributed by atoms with Crippen molar-refractivity contribution in [2.75, 3.05) is 13.7 Å². The van der Waals surface area contributed by atoms with Crippen LogP contribution in [-0.2, 0) is 4.79 Å². The smallest absolute Gasteiger partial charge is 0.308 e. The molecule has 0 radical (unpaired) electrons. The summed E-state index contributed by atoms with van der Waals surface area (Å²) >= 11 is 0. The van der Waals surface area contributed by atoms with Gasteiger partial charge in [0.2, 0.25) is 0 Å². The Bertz CT molecular complexity index is 543. The van der Waals surface area contributed by atoms with E-state index in [1.807, 2.05) is 0 Å². The fraction of sp³-hybridized carbons (Fsp3) is 0.333. The van der Waals surface area contributed by atoms with Crippen LogP contribution in [0.4, 0.5) is 5.69 Å². The lowest BCUT2D eigenvalue weighted by atomic mass is 10.1. The Hall–Kier alpha value is -2.64. The average Bonchev–Trinajstić information content (AvgIpc) is 2.43. The zero-order valence-corrected chi connectivity index (χ0v) is 11.0. The molecule has 0 saturated heterocycles. The van der Waals surface area contributed by atoms with Gasteiger partial charge in [-0.25, -0.2) is 0 Å². The maximum absolute atomic E-state index is 11.9. The molecule has 1 atom stereocenters. The van der Waals surface area contributed by atoms with Crippen molar-refractivity contribution in [2.45, 2.75) is 6.92 Å². The summed E-state index contributed by atoms with van der Waals surface area (Å²) in [7, 11) is 1.29. The molecule has 0 aromatic heterocycles. The minimum absolute atomic E-state index is 0.0473. The number of nitrogens with zero attached hydrogens (tertiary/aromatic N) is 1. The Morgan fingerprint density at radius 3 is 2.65 bits per heavy atom. The van der Waals surface area contributed by atoms with Crippen molar-refractivity contribution in [1.29, 1.82) is 0 Å². The van der Waals surface area contributed by atoms with E-state index in [1.165, 1.54) is 26.2 Å². The molecule has 0 aliphatic heterocycles. The third kappa shape index (κ3) is 3.67. The van der Waals surface area contributed by atoms with Gasteiger partial charge in [-0.3, -0.25) is 19.7 Å². The van der Waals surface area contributed by atoms with Crippen LogP contribution in [0.3, 0.4) is 0 Å². The predicted octanol–water partition coefficient (Wildman–Crippen LogP) is 1.05. The van der Waals surface area contributed by atoms with Crippen LogP contribution in [0.5, 0.6) is 5.75 Å². The summed E-state index contributed by atoms with van der Waals surface area (Å²) in [6.07, 6.45) is 0. The molecular weight excluding hydrogens is 268 g/mol. The number of hydrogen-bond acceptors (Lipinski definition) is 5. The van der Waals surface area contributed by atoms with E-state index < -0.39 is 22.7 Å². The summed E-state index contributed by atoms with van der Waals surface area (Å²) in [5.74, 6) is -2.26. The number of nitro groups is 1. The number of nitrogens with one attached hydrogen (secondary N) is 1. The van der Waals surface area contributed by atoms with Crippen molar-refractivity contribution in [3.05, 3.63) is 33.9 Å². The first-order valence-electron chi connectivity index (χ1n) is 5.70. The second kappa shape index (κ2) is 6.50. The number of hydrogen-bond donors (Lipinski definition) is 2. The molecule has 0 saturated carbocycles. The molecular formula is C12H14N2O6. The molecule has 1 aromatic carbocycles. The zero-order chi connectivity index (χ0) is 15.3.